The molecule has 2 aromatic carbocycles. The van der Waals surface area contributed by atoms with Gasteiger partial charge in [0, 0.05) is 35.3 Å². The van der Waals surface area contributed by atoms with E-state index in [-0.39, 0.29) is 11.9 Å². The van der Waals surface area contributed by atoms with Crippen LogP contribution in [-0.4, -0.2) is 40.8 Å². The zero-order chi connectivity index (χ0) is 22.7. The molecule has 7 heteroatoms. The second kappa shape index (κ2) is 9.02. The molecule has 0 fully saturated rings. The van der Waals surface area contributed by atoms with Crippen LogP contribution in [0.1, 0.15) is 62.4 Å². The number of fused-ring (bicyclic) bond motifs is 2. The number of hydrogen-bond donors (Lipinski definition) is 3. The SMILES string of the molecule is CC(C)(C)OC(=O)NCCCCCCNc1cccc2c1C(=O)c1cccc3[nH]nc-2c13. The van der Waals surface area contributed by atoms with Gasteiger partial charge in [0.2, 0.25) is 0 Å². The standard InChI is InChI=1S/C25H30N4O3/c1-25(2,3)32-24(31)27-15-7-5-4-6-14-26-18-12-8-10-16-21(18)23(30)17-11-9-13-19-20(17)22(16)29-28-19/h8-13,26H,4-7,14-15H2,1-3H3,(H,27,31)(H,28,29). The van der Waals surface area contributed by atoms with Gasteiger partial charge in [0.25, 0.3) is 0 Å². The van der Waals surface area contributed by atoms with Crippen LogP contribution in [0, 0.1) is 0 Å². The number of alkyl carbamates (subject to hydrolysis) is 1. The van der Waals surface area contributed by atoms with Gasteiger partial charge in [-0.1, -0.05) is 37.1 Å². The van der Waals surface area contributed by atoms with Gasteiger partial charge in [0.15, 0.2) is 5.78 Å². The molecule has 1 heterocycles. The van der Waals surface area contributed by atoms with E-state index in [2.05, 4.69) is 20.8 Å². The third-order valence-electron chi connectivity index (χ3n) is 5.47. The number of anilines is 1. The van der Waals surface area contributed by atoms with Crippen molar-refractivity contribution in [1.82, 2.24) is 15.5 Å². The maximum Gasteiger partial charge on any atom is 0.407 e. The summed E-state index contributed by atoms with van der Waals surface area (Å²) >= 11 is 0. The van der Waals surface area contributed by atoms with Gasteiger partial charge in [-0.2, -0.15) is 5.10 Å². The van der Waals surface area contributed by atoms with Crippen molar-refractivity contribution in [3.05, 3.63) is 47.5 Å². The quantitative estimate of drug-likeness (QED) is 0.328. The van der Waals surface area contributed by atoms with E-state index < -0.39 is 5.60 Å². The van der Waals surface area contributed by atoms with Crippen LogP contribution in [0.5, 0.6) is 0 Å². The molecule has 0 spiro atoms. The first-order valence-corrected chi connectivity index (χ1v) is 11.2. The first-order valence-electron chi connectivity index (χ1n) is 11.2. The molecule has 1 aliphatic rings. The lowest BCUT2D eigenvalue weighted by Crippen LogP contribution is -2.32. The summed E-state index contributed by atoms with van der Waals surface area (Å²) in [7, 11) is 0. The first kappa shape index (κ1) is 21.9. The fourth-order valence-electron chi connectivity index (χ4n) is 4.06. The molecule has 1 aliphatic carbocycles. The molecule has 3 N–H and O–H groups in total. The lowest BCUT2D eigenvalue weighted by molar-refractivity contribution is 0.0527. The molecule has 0 atom stereocenters. The molecule has 1 aromatic heterocycles. The monoisotopic (exact) mass is 434 g/mol. The van der Waals surface area contributed by atoms with Gasteiger partial charge < -0.3 is 15.4 Å². The average Bonchev–Trinajstić information content (AvgIpc) is 3.17. The third kappa shape index (κ3) is 4.61. The topological polar surface area (TPSA) is 96.1 Å². The Bertz CT molecular complexity index is 1140. The van der Waals surface area contributed by atoms with Gasteiger partial charge >= 0.3 is 6.09 Å². The molecule has 0 saturated carbocycles. The number of aromatic nitrogens is 2. The van der Waals surface area contributed by atoms with E-state index in [0.717, 1.165) is 60.1 Å². The highest BCUT2D eigenvalue weighted by Gasteiger charge is 2.29. The fraction of sp³-hybridized carbons (Fsp3) is 0.400. The summed E-state index contributed by atoms with van der Waals surface area (Å²) in [4.78, 5) is 24.9. The van der Waals surface area contributed by atoms with E-state index >= 15 is 0 Å². The predicted octanol–water partition coefficient (Wildman–Crippen LogP) is 5.27. The molecule has 4 rings (SSSR count). The molecule has 1 amide bonds. The molecular formula is C25H30N4O3. The Morgan fingerprint density at radius 1 is 1.00 bits per heavy atom. The third-order valence-corrected chi connectivity index (χ3v) is 5.47. The van der Waals surface area contributed by atoms with Crippen LogP contribution in [-0.2, 0) is 4.74 Å². The molecule has 0 saturated heterocycles. The van der Waals surface area contributed by atoms with Crippen molar-refractivity contribution < 1.29 is 14.3 Å². The molecule has 0 bridgehead atoms. The normalized spacial score (nSPS) is 12.5. The number of ketones is 1. The van der Waals surface area contributed by atoms with Crippen LogP contribution in [0.3, 0.4) is 0 Å². The number of carbonyl (C=O) groups is 2. The zero-order valence-corrected chi connectivity index (χ0v) is 18.9. The summed E-state index contributed by atoms with van der Waals surface area (Å²) in [5.41, 5.74) is 4.37. The van der Waals surface area contributed by atoms with Gasteiger partial charge in [0.1, 0.15) is 11.3 Å². The number of nitrogens with one attached hydrogen (secondary N) is 3. The number of aromatic amines is 1. The molecule has 3 aromatic rings. The van der Waals surface area contributed by atoms with E-state index in [4.69, 9.17) is 4.74 Å². The number of hydrogen-bond acceptors (Lipinski definition) is 5. The summed E-state index contributed by atoms with van der Waals surface area (Å²) in [5, 5.41) is 14.6. The lowest BCUT2D eigenvalue weighted by atomic mass is 9.86. The average molecular weight is 435 g/mol. The number of amides is 1. The minimum Gasteiger partial charge on any atom is -0.444 e. The molecule has 0 radical (unpaired) electrons. The summed E-state index contributed by atoms with van der Waals surface area (Å²) in [5.74, 6) is 0.0378. The molecule has 0 unspecified atom stereocenters. The van der Waals surface area contributed by atoms with Crippen LogP contribution in [0.4, 0.5) is 10.5 Å². The number of carbonyl (C=O) groups excluding carboxylic acids is 2. The van der Waals surface area contributed by atoms with Crippen LogP contribution in [0.15, 0.2) is 36.4 Å². The highest BCUT2D eigenvalue weighted by molar-refractivity contribution is 6.27. The van der Waals surface area contributed by atoms with Crippen LogP contribution < -0.4 is 10.6 Å². The van der Waals surface area contributed by atoms with Gasteiger partial charge in [-0.05, 0) is 45.7 Å². The summed E-state index contributed by atoms with van der Waals surface area (Å²) in [6, 6.07) is 11.6. The Balaban J connectivity index is 1.28. The van der Waals surface area contributed by atoms with E-state index in [1.165, 1.54) is 0 Å². The highest BCUT2D eigenvalue weighted by atomic mass is 16.6. The number of rotatable bonds is 8. The largest absolute Gasteiger partial charge is 0.444 e. The van der Waals surface area contributed by atoms with Gasteiger partial charge in [-0.25, -0.2) is 4.79 Å². The van der Waals surface area contributed by atoms with E-state index in [1.807, 2.05) is 57.2 Å². The van der Waals surface area contributed by atoms with E-state index in [1.54, 1.807) is 0 Å². The van der Waals surface area contributed by atoms with Crippen molar-refractivity contribution in [1.29, 1.82) is 0 Å². The Kier molecular flexibility index (Phi) is 6.17. The number of unbranched alkanes of at least 4 members (excludes halogenated alkanes) is 3. The molecular weight excluding hydrogens is 404 g/mol. The Morgan fingerprint density at radius 2 is 1.72 bits per heavy atom. The van der Waals surface area contributed by atoms with Crippen LogP contribution >= 0.6 is 0 Å². The highest BCUT2D eigenvalue weighted by Crippen LogP contribution is 2.40. The van der Waals surface area contributed by atoms with Crippen molar-refractivity contribution >= 4 is 28.5 Å². The number of ether oxygens (including phenoxy) is 1. The van der Waals surface area contributed by atoms with Gasteiger partial charge in [-0.3, -0.25) is 9.89 Å². The van der Waals surface area contributed by atoms with Crippen molar-refractivity contribution in [3.63, 3.8) is 0 Å². The molecule has 0 aliphatic heterocycles. The number of benzene rings is 2. The second-order valence-corrected chi connectivity index (χ2v) is 9.13. The molecule has 7 nitrogen and oxygen atoms in total. The predicted molar refractivity (Wildman–Crippen MR) is 126 cm³/mol. The van der Waals surface area contributed by atoms with Crippen molar-refractivity contribution in [2.75, 3.05) is 18.4 Å². The summed E-state index contributed by atoms with van der Waals surface area (Å²) < 4.78 is 5.23. The van der Waals surface area contributed by atoms with E-state index in [0.29, 0.717) is 17.7 Å². The van der Waals surface area contributed by atoms with Crippen LogP contribution in [0.2, 0.25) is 0 Å². The summed E-state index contributed by atoms with van der Waals surface area (Å²) in [6.07, 6.45) is 3.57. The summed E-state index contributed by atoms with van der Waals surface area (Å²) in [6.45, 7) is 6.95. The minimum atomic E-state index is -0.473. The number of H-pyrrole nitrogens is 1. The Labute approximate surface area is 187 Å². The second-order valence-electron chi connectivity index (χ2n) is 9.13. The zero-order valence-electron chi connectivity index (χ0n) is 18.9. The first-order chi connectivity index (χ1) is 15.3. The smallest absolute Gasteiger partial charge is 0.407 e. The van der Waals surface area contributed by atoms with Crippen molar-refractivity contribution in [3.8, 4) is 11.3 Å². The number of nitrogens with zero attached hydrogens (tertiary/aromatic N) is 1. The Morgan fingerprint density at radius 3 is 2.50 bits per heavy atom. The van der Waals surface area contributed by atoms with Gasteiger partial charge in [-0.15, -0.1) is 0 Å². The van der Waals surface area contributed by atoms with Crippen LogP contribution in [0.25, 0.3) is 22.2 Å². The van der Waals surface area contributed by atoms with Crippen molar-refractivity contribution in [2.24, 2.45) is 0 Å². The lowest BCUT2D eigenvalue weighted by Gasteiger charge is -2.19. The molecule has 168 valence electrons. The minimum absolute atomic E-state index is 0.0378. The van der Waals surface area contributed by atoms with E-state index in [9.17, 15) is 9.59 Å². The van der Waals surface area contributed by atoms with Crippen molar-refractivity contribution in [2.45, 2.75) is 52.1 Å². The fourth-order valence-corrected chi connectivity index (χ4v) is 4.06. The molecule has 32 heavy (non-hydrogen) atoms. The van der Waals surface area contributed by atoms with Gasteiger partial charge in [0.05, 0.1) is 11.1 Å². The maximum atomic E-state index is 13.2. The maximum absolute atomic E-state index is 13.2. The Hall–Kier alpha value is -3.35.